The minimum Gasteiger partial charge on any atom is -0.336 e. The van der Waals surface area contributed by atoms with Crippen LogP contribution in [0.15, 0.2) is 61.4 Å². The van der Waals surface area contributed by atoms with Crippen LogP contribution in [0.2, 0.25) is 0 Å². The van der Waals surface area contributed by atoms with Gasteiger partial charge in [-0.05, 0) is 29.8 Å². The first-order chi connectivity index (χ1) is 18.9. The summed E-state index contributed by atoms with van der Waals surface area (Å²) in [5.74, 6) is -2.90. The van der Waals surface area contributed by atoms with Gasteiger partial charge in [0.25, 0.3) is 5.92 Å². The van der Waals surface area contributed by atoms with E-state index in [1.807, 2.05) is 12.1 Å². The molecule has 2 N–H and O–H groups in total. The quantitative estimate of drug-likeness (QED) is 0.325. The standard InChI is InChI=1S/C27H20F3N9/c28-21-20-19(12-34-22(21)17-9-15(10-32-11-17)13-39-8-4-27(29,30)14-39)37-38-25(20)26-35-18-3-7-33-23(24(18)36-26)16-1-5-31-6-2-16/h1-3,5-7,9-12H,4,8,13-14H2,(H,35,36)(H,37,38). The Bertz CT molecular complexity index is 1830. The van der Waals surface area contributed by atoms with E-state index in [1.165, 1.54) is 12.4 Å². The molecule has 194 valence electrons. The number of likely N-dealkylation sites (tertiary alicyclic amines) is 1. The minimum atomic E-state index is -2.69. The van der Waals surface area contributed by atoms with Gasteiger partial charge in [0, 0.05) is 61.6 Å². The summed E-state index contributed by atoms with van der Waals surface area (Å²) in [6.45, 7) is 0.290. The number of nitrogens with zero attached hydrogens (tertiary/aromatic N) is 7. The largest absolute Gasteiger partial charge is 0.336 e. The molecule has 9 nitrogen and oxygen atoms in total. The number of halogens is 3. The van der Waals surface area contributed by atoms with Crippen molar-refractivity contribution in [2.24, 2.45) is 0 Å². The summed E-state index contributed by atoms with van der Waals surface area (Å²) in [6, 6.07) is 7.21. The zero-order valence-corrected chi connectivity index (χ0v) is 20.4. The number of H-pyrrole nitrogens is 2. The molecule has 0 amide bonds. The third-order valence-corrected chi connectivity index (χ3v) is 6.85. The van der Waals surface area contributed by atoms with Crippen molar-refractivity contribution in [2.75, 3.05) is 13.1 Å². The predicted octanol–water partition coefficient (Wildman–Crippen LogP) is 5.00. The van der Waals surface area contributed by atoms with Crippen molar-refractivity contribution < 1.29 is 13.2 Å². The Morgan fingerprint density at radius 3 is 2.59 bits per heavy atom. The van der Waals surface area contributed by atoms with Crippen LogP contribution in [0.1, 0.15) is 12.0 Å². The molecular formula is C27H20F3N9. The number of imidazole rings is 1. The summed E-state index contributed by atoms with van der Waals surface area (Å²) in [5.41, 5.74) is 4.79. The van der Waals surface area contributed by atoms with E-state index in [1.54, 1.807) is 41.8 Å². The maximum absolute atomic E-state index is 16.1. The SMILES string of the molecule is Fc1c(-c2cncc(CN3CCC(F)(F)C3)c2)ncc2[nH]nc(-c3nc4c(-c5ccncc5)nccc4[nH]3)c12. The van der Waals surface area contributed by atoms with E-state index in [9.17, 15) is 8.78 Å². The summed E-state index contributed by atoms with van der Waals surface area (Å²) in [4.78, 5) is 26.7. The molecule has 7 rings (SSSR count). The van der Waals surface area contributed by atoms with Crippen LogP contribution in [-0.4, -0.2) is 64.0 Å². The molecule has 0 radical (unpaired) electrons. The van der Waals surface area contributed by atoms with Gasteiger partial charge in [0.05, 0.1) is 34.9 Å². The maximum Gasteiger partial charge on any atom is 0.261 e. The molecule has 6 aromatic heterocycles. The first-order valence-electron chi connectivity index (χ1n) is 12.3. The van der Waals surface area contributed by atoms with Crippen molar-refractivity contribution in [3.8, 4) is 34.0 Å². The minimum absolute atomic E-state index is 0.0847. The Balaban J connectivity index is 1.28. The summed E-state index contributed by atoms with van der Waals surface area (Å²) in [5, 5.41) is 7.39. The van der Waals surface area contributed by atoms with E-state index >= 15 is 4.39 Å². The molecule has 0 unspecified atom stereocenters. The van der Waals surface area contributed by atoms with Crippen LogP contribution in [-0.2, 0) is 6.54 Å². The fourth-order valence-corrected chi connectivity index (χ4v) is 5.02. The lowest BCUT2D eigenvalue weighted by Gasteiger charge is -2.15. The fraction of sp³-hybridized carbons (Fsp3) is 0.185. The Morgan fingerprint density at radius 2 is 1.77 bits per heavy atom. The zero-order valence-electron chi connectivity index (χ0n) is 20.4. The van der Waals surface area contributed by atoms with E-state index < -0.39 is 11.7 Å². The summed E-state index contributed by atoms with van der Waals surface area (Å²) >= 11 is 0. The Morgan fingerprint density at radius 1 is 0.897 bits per heavy atom. The highest BCUT2D eigenvalue weighted by molar-refractivity contribution is 5.97. The number of rotatable bonds is 5. The van der Waals surface area contributed by atoms with E-state index in [4.69, 9.17) is 4.98 Å². The van der Waals surface area contributed by atoms with Gasteiger partial charge in [-0.3, -0.25) is 29.9 Å². The Labute approximate surface area is 219 Å². The van der Waals surface area contributed by atoms with Gasteiger partial charge in [-0.25, -0.2) is 18.2 Å². The van der Waals surface area contributed by atoms with Gasteiger partial charge in [-0.2, -0.15) is 5.10 Å². The van der Waals surface area contributed by atoms with Crippen LogP contribution in [0.3, 0.4) is 0 Å². The molecule has 0 saturated carbocycles. The van der Waals surface area contributed by atoms with Gasteiger partial charge in [0.1, 0.15) is 16.9 Å². The lowest BCUT2D eigenvalue weighted by Crippen LogP contribution is -2.24. The average Bonchev–Trinajstić information content (AvgIpc) is 3.65. The van der Waals surface area contributed by atoms with Crippen LogP contribution in [0, 0.1) is 5.82 Å². The second-order valence-corrected chi connectivity index (χ2v) is 9.56. The number of nitrogens with one attached hydrogen (secondary N) is 2. The highest BCUT2D eigenvalue weighted by Crippen LogP contribution is 2.34. The smallest absolute Gasteiger partial charge is 0.261 e. The lowest BCUT2D eigenvalue weighted by atomic mass is 10.1. The predicted molar refractivity (Wildman–Crippen MR) is 138 cm³/mol. The monoisotopic (exact) mass is 527 g/mol. The zero-order chi connectivity index (χ0) is 26.6. The molecule has 6 aromatic rings. The molecule has 1 aliphatic rings. The van der Waals surface area contributed by atoms with Crippen molar-refractivity contribution in [1.82, 2.24) is 45.0 Å². The highest BCUT2D eigenvalue weighted by Gasteiger charge is 2.38. The van der Waals surface area contributed by atoms with Crippen molar-refractivity contribution in [3.63, 3.8) is 0 Å². The number of hydrogen-bond acceptors (Lipinski definition) is 7. The van der Waals surface area contributed by atoms with Gasteiger partial charge in [-0.15, -0.1) is 0 Å². The van der Waals surface area contributed by atoms with Crippen molar-refractivity contribution >= 4 is 21.9 Å². The average molecular weight is 528 g/mol. The number of hydrogen-bond donors (Lipinski definition) is 2. The molecule has 1 fully saturated rings. The maximum atomic E-state index is 16.1. The van der Waals surface area contributed by atoms with Crippen LogP contribution >= 0.6 is 0 Å². The number of aromatic amines is 2. The molecule has 0 spiro atoms. The number of fused-ring (bicyclic) bond motifs is 2. The molecule has 0 atom stereocenters. The van der Waals surface area contributed by atoms with Crippen molar-refractivity contribution in [1.29, 1.82) is 0 Å². The molecule has 39 heavy (non-hydrogen) atoms. The van der Waals surface area contributed by atoms with E-state index in [0.717, 1.165) is 11.1 Å². The molecule has 1 saturated heterocycles. The van der Waals surface area contributed by atoms with E-state index in [-0.39, 0.29) is 24.0 Å². The second kappa shape index (κ2) is 8.95. The van der Waals surface area contributed by atoms with Crippen LogP contribution in [0.25, 0.3) is 56.0 Å². The van der Waals surface area contributed by atoms with E-state index in [0.29, 0.717) is 52.5 Å². The molecule has 0 aromatic carbocycles. The Kier molecular flexibility index (Phi) is 5.37. The molecule has 1 aliphatic heterocycles. The van der Waals surface area contributed by atoms with Gasteiger partial charge in [-0.1, -0.05) is 0 Å². The lowest BCUT2D eigenvalue weighted by molar-refractivity contribution is 0.0115. The summed E-state index contributed by atoms with van der Waals surface area (Å²) in [7, 11) is 0. The molecular weight excluding hydrogens is 507 g/mol. The van der Waals surface area contributed by atoms with E-state index in [2.05, 4.69) is 35.1 Å². The van der Waals surface area contributed by atoms with Crippen LogP contribution in [0.5, 0.6) is 0 Å². The fourth-order valence-electron chi connectivity index (χ4n) is 5.02. The summed E-state index contributed by atoms with van der Waals surface area (Å²) < 4.78 is 43.3. The van der Waals surface area contributed by atoms with Crippen molar-refractivity contribution in [3.05, 3.63) is 72.8 Å². The first kappa shape index (κ1) is 23.4. The van der Waals surface area contributed by atoms with Crippen LogP contribution < -0.4 is 0 Å². The third-order valence-electron chi connectivity index (χ3n) is 6.85. The number of aromatic nitrogens is 8. The Hall–Kier alpha value is -4.71. The number of pyridine rings is 4. The third kappa shape index (κ3) is 4.18. The molecule has 12 heteroatoms. The van der Waals surface area contributed by atoms with Crippen LogP contribution in [0.4, 0.5) is 13.2 Å². The first-order valence-corrected chi connectivity index (χ1v) is 12.3. The van der Waals surface area contributed by atoms with Gasteiger partial charge < -0.3 is 4.98 Å². The van der Waals surface area contributed by atoms with Crippen molar-refractivity contribution in [2.45, 2.75) is 18.9 Å². The number of alkyl halides is 2. The molecule has 0 aliphatic carbocycles. The van der Waals surface area contributed by atoms with Gasteiger partial charge in [0.2, 0.25) is 0 Å². The molecule has 0 bridgehead atoms. The van der Waals surface area contributed by atoms with Gasteiger partial charge in [0.15, 0.2) is 11.6 Å². The normalized spacial score (nSPS) is 15.5. The topological polar surface area (TPSA) is 112 Å². The summed E-state index contributed by atoms with van der Waals surface area (Å²) in [6.07, 6.45) is 9.48. The van der Waals surface area contributed by atoms with Gasteiger partial charge >= 0.3 is 0 Å². The molecule has 7 heterocycles. The second-order valence-electron chi connectivity index (χ2n) is 9.56. The highest BCUT2D eigenvalue weighted by atomic mass is 19.3.